The molecule has 0 aliphatic rings. The van der Waals surface area contributed by atoms with Gasteiger partial charge in [-0.15, -0.1) is 0 Å². The molecule has 0 unspecified atom stereocenters. The minimum Gasteiger partial charge on any atom is -0.480 e. The van der Waals surface area contributed by atoms with E-state index in [4.69, 9.17) is 27.8 Å². The van der Waals surface area contributed by atoms with Gasteiger partial charge >= 0.3 is 11.9 Å². The van der Waals surface area contributed by atoms with Crippen LogP contribution < -0.4 is 21.1 Å². The molecule has 37 heavy (non-hydrogen) atoms. The van der Waals surface area contributed by atoms with Gasteiger partial charge in [0.2, 0.25) is 5.91 Å². The molecule has 1 amide bonds. The number of aliphatic carboxylic acids is 1. The van der Waals surface area contributed by atoms with Crippen LogP contribution in [-0.2, 0) is 16.1 Å². The van der Waals surface area contributed by atoms with Gasteiger partial charge in [0.1, 0.15) is 12.3 Å². The van der Waals surface area contributed by atoms with Crippen LogP contribution in [0.3, 0.4) is 0 Å². The lowest BCUT2D eigenvalue weighted by molar-refractivity contribution is -0.144. The van der Waals surface area contributed by atoms with E-state index in [1.165, 1.54) is 23.1 Å². The molecule has 0 aliphatic carbocycles. The van der Waals surface area contributed by atoms with Gasteiger partial charge in [-0.3, -0.25) is 9.59 Å². The average Bonchev–Trinajstić information content (AvgIpc) is 2.84. The summed E-state index contributed by atoms with van der Waals surface area (Å²) in [4.78, 5) is 43.5. The molecular weight excluding hydrogens is 498 g/mol. The summed E-state index contributed by atoms with van der Waals surface area (Å²) in [6, 6.07) is 19.9. The Morgan fingerprint density at radius 2 is 1.65 bits per heavy atom. The number of hydrogen-bond donors (Lipinski definition) is 3. The highest BCUT2D eigenvalue weighted by Gasteiger charge is 2.20. The van der Waals surface area contributed by atoms with E-state index in [1.54, 1.807) is 36.2 Å². The number of carboxylic acid groups (broad SMARTS) is 1. The number of carbonyl (C=O) groups excluding carboxylic acids is 2. The molecular formula is C26H26ClN5O5. The maximum Gasteiger partial charge on any atom is 0.343 e. The molecule has 0 aliphatic heterocycles. The van der Waals surface area contributed by atoms with Gasteiger partial charge in [-0.05, 0) is 42.0 Å². The third-order valence-corrected chi connectivity index (χ3v) is 5.47. The predicted octanol–water partition coefficient (Wildman–Crippen LogP) is 3.01. The number of benzene rings is 3. The number of rotatable bonds is 10. The van der Waals surface area contributed by atoms with E-state index in [0.717, 1.165) is 5.56 Å². The number of hydrogen-bond acceptors (Lipinski definition) is 6. The third-order valence-electron chi connectivity index (χ3n) is 5.17. The van der Waals surface area contributed by atoms with E-state index in [1.807, 2.05) is 30.3 Å². The molecule has 0 heterocycles. The largest absolute Gasteiger partial charge is 0.480 e. The summed E-state index contributed by atoms with van der Waals surface area (Å²) >= 11 is 6.41. The minimum absolute atomic E-state index is 0.0949. The van der Waals surface area contributed by atoms with E-state index in [-0.39, 0.29) is 41.3 Å². The molecule has 3 aromatic carbocycles. The van der Waals surface area contributed by atoms with Crippen LogP contribution in [0.25, 0.3) is 0 Å². The smallest absolute Gasteiger partial charge is 0.343 e. The van der Waals surface area contributed by atoms with Crippen molar-refractivity contribution in [2.45, 2.75) is 6.54 Å². The summed E-state index contributed by atoms with van der Waals surface area (Å²) in [6.45, 7) is -0.381. The van der Waals surface area contributed by atoms with E-state index in [2.05, 4.69) is 4.99 Å². The van der Waals surface area contributed by atoms with Gasteiger partial charge in [-0.25, -0.2) is 9.79 Å². The van der Waals surface area contributed by atoms with Crippen molar-refractivity contribution in [1.82, 2.24) is 4.90 Å². The van der Waals surface area contributed by atoms with Crippen molar-refractivity contribution >= 4 is 46.8 Å². The molecule has 3 aromatic rings. The average molecular weight is 524 g/mol. The minimum atomic E-state index is -1.11. The fourth-order valence-electron chi connectivity index (χ4n) is 3.44. The number of carboxylic acids is 1. The first-order valence-corrected chi connectivity index (χ1v) is 11.5. The Morgan fingerprint density at radius 1 is 0.973 bits per heavy atom. The zero-order valence-corrected chi connectivity index (χ0v) is 20.8. The normalized spacial score (nSPS) is 10.3. The van der Waals surface area contributed by atoms with Crippen molar-refractivity contribution < 1.29 is 24.2 Å². The standard InChI is InChI=1S/C26H26ClN5O5/c1-31(15-23(33)32(16-24(34)35)14-17-5-3-2-4-6-17)22-12-11-20(13-21(22)27)37-25(36)18-7-9-19(10-8-18)30-26(28)29/h2-13H,14-16H2,1H3,(H,34,35)(H4,28,29,30). The Bertz CT molecular complexity index is 1290. The molecule has 3 rings (SSSR count). The van der Waals surface area contributed by atoms with E-state index >= 15 is 0 Å². The fraction of sp³-hybridized carbons (Fsp3) is 0.154. The number of aliphatic imine (C=N–C) groups is 1. The van der Waals surface area contributed by atoms with Gasteiger partial charge in [0.05, 0.1) is 28.5 Å². The van der Waals surface area contributed by atoms with Crippen molar-refractivity contribution in [3.8, 4) is 5.75 Å². The van der Waals surface area contributed by atoms with Crippen molar-refractivity contribution in [3.63, 3.8) is 0 Å². The second-order valence-electron chi connectivity index (χ2n) is 8.07. The number of carbonyl (C=O) groups is 3. The Hall–Kier alpha value is -4.57. The number of guanidine groups is 1. The van der Waals surface area contributed by atoms with Gasteiger partial charge in [0.15, 0.2) is 5.96 Å². The molecule has 0 saturated heterocycles. The van der Waals surface area contributed by atoms with E-state index in [0.29, 0.717) is 11.4 Å². The summed E-state index contributed by atoms with van der Waals surface area (Å²) in [5, 5.41) is 9.50. The van der Waals surface area contributed by atoms with Gasteiger partial charge < -0.3 is 31.1 Å². The SMILES string of the molecule is CN(CC(=O)N(CC(=O)O)Cc1ccccc1)c1ccc(OC(=O)c2ccc(N=C(N)N)cc2)cc1Cl. The summed E-state index contributed by atoms with van der Waals surface area (Å²) in [6.07, 6.45) is 0. The number of anilines is 1. The maximum atomic E-state index is 12.9. The molecule has 0 spiro atoms. The van der Waals surface area contributed by atoms with Crippen LogP contribution in [0.15, 0.2) is 77.8 Å². The Balaban J connectivity index is 1.66. The Kier molecular flexibility index (Phi) is 9.06. The van der Waals surface area contributed by atoms with Gasteiger partial charge in [0, 0.05) is 19.7 Å². The highest BCUT2D eigenvalue weighted by molar-refractivity contribution is 6.33. The molecule has 11 heteroatoms. The number of likely N-dealkylation sites (N-methyl/N-ethyl adjacent to an activating group) is 1. The molecule has 0 fully saturated rings. The predicted molar refractivity (Wildman–Crippen MR) is 141 cm³/mol. The quantitative estimate of drug-likeness (QED) is 0.159. The molecule has 0 radical (unpaired) electrons. The number of amides is 1. The first kappa shape index (κ1) is 27.0. The maximum absolute atomic E-state index is 12.9. The van der Waals surface area contributed by atoms with E-state index < -0.39 is 18.5 Å². The highest BCUT2D eigenvalue weighted by atomic mass is 35.5. The zero-order valence-electron chi connectivity index (χ0n) is 20.0. The number of halogens is 1. The van der Waals surface area contributed by atoms with Gasteiger partial charge in [-0.1, -0.05) is 41.9 Å². The molecule has 0 aromatic heterocycles. The van der Waals surface area contributed by atoms with Crippen molar-refractivity contribution in [3.05, 3.63) is 88.9 Å². The Morgan fingerprint density at radius 3 is 2.24 bits per heavy atom. The lowest BCUT2D eigenvalue weighted by atomic mass is 10.2. The fourth-order valence-corrected chi connectivity index (χ4v) is 3.75. The monoisotopic (exact) mass is 523 g/mol. The number of ether oxygens (including phenoxy) is 1. The lowest BCUT2D eigenvalue weighted by Gasteiger charge is -2.26. The highest BCUT2D eigenvalue weighted by Crippen LogP contribution is 2.30. The second-order valence-corrected chi connectivity index (χ2v) is 8.48. The summed E-state index contributed by atoms with van der Waals surface area (Å²) in [7, 11) is 1.66. The topological polar surface area (TPSA) is 152 Å². The van der Waals surface area contributed by atoms with Gasteiger partial charge in [-0.2, -0.15) is 0 Å². The van der Waals surface area contributed by atoms with Crippen LogP contribution in [0.1, 0.15) is 15.9 Å². The van der Waals surface area contributed by atoms with Crippen molar-refractivity contribution in [2.24, 2.45) is 16.5 Å². The molecule has 0 atom stereocenters. The van der Waals surface area contributed by atoms with Gasteiger partial charge in [0.25, 0.3) is 0 Å². The lowest BCUT2D eigenvalue weighted by Crippen LogP contribution is -2.41. The number of nitrogens with zero attached hydrogens (tertiary/aromatic N) is 3. The first-order chi connectivity index (χ1) is 17.6. The van der Waals surface area contributed by atoms with Crippen LogP contribution in [0, 0.1) is 0 Å². The van der Waals surface area contributed by atoms with Crippen LogP contribution in [-0.4, -0.2) is 53.9 Å². The molecule has 10 nitrogen and oxygen atoms in total. The van der Waals surface area contributed by atoms with Crippen LogP contribution >= 0.6 is 11.6 Å². The summed E-state index contributed by atoms with van der Waals surface area (Å²) in [5.41, 5.74) is 12.8. The molecule has 192 valence electrons. The van der Waals surface area contributed by atoms with Crippen molar-refractivity contribution in [1.29, 1.82) is 0 Å². The van der Waals surface area contributed by atoms with Crippen molar-refractivity contribution in [2.75, 3.05) is 25.0 Å². The van der Waals surface area contributed by atoms with Crippen LogP contribution in [0.5, 0.6) is 5.75 Å². The molecule has 0 bridgehead atoms. The van der Waals surface area contributed by atoms with Crippen LogP contribution in [0.4, 0.5) is 11.4 Å². The first-order valence-electron chi connectivity index (χ1n) is 11.1. The third kappa shape index (κ3) is 7.97. The summed E-state index contributed by atoms with van der Waals surface area (Å²) < 4.78 is 5.40. The van der Waals surface area contributed by atoms with E-state index in [9.17, 15) is 19.5 Å². The molecule has 5 N–H and O–H groups in total. The Labute approximate surface area is 218 Å². The number of esters is 1. The summed E-state index contributed by atoms with van der Waals surface area (Å²) in [5.74, 6) is -1.98. The second kappa shape index (κ2) is 12.4. The zero-order chi connectivity index (χ0) is 26.9. The number of nitrogens with two attached hydrogens (primary N) is 2. The molecule has 0 saturated carbocycles. The van der Waals surface area contributed by atoms with Crippen LogP contribution in [0.2, 0.25) is 5.02 Å².